The third kappa shape index (κ3) is 3.96. The SMILES string of the molecule is CC(C)(CO)NCc1ccc(Cl)cc1[N+](=O)[O-]. The molecule has 0 bridgehead atoms. The number of hydrogen-bond acceptors (Lipinski definition) is 4. The van der Waals surface area contributed by atoms with E-state index in [0.29, 0.717) is 17.1 Å². The van der Waals surface area contributed by atoms with Crippen LogP contribution in [0.2, 0.25) is 5.02 Å². The highest BCUT2D eigenvalue weighted by Crippen LogP contribution is 2.23. The first-order chi connectivity index (χ1) is 7.85. The van der Waals surface area contributed by atoms with Crippen LogP contribution >= 0.6 is 11.6 Å². The summed E-state index contributed by atoms with van der Waals surface area (Å²) in [6, 6.07) is 4.54. The average Bonchev–Trinajstić information content (AvgIpc) is 2.27. The second-order valence-corrected chi connectivity index (χ2v) is 4.86. The molecule has 0 aromatic heterocycles. The number of benzene rings is 1. The Morgan fingerprint density at radius 1 is 1.53 bits per heavy atom. The molecule has 1 aromatic carbocycles. The van der Waals surface area contributed by atoms with Crippen LogP contribution < -0.4 is 5.32 Å². The molecular weight excluding hydrogens is 244 g/mol. The van der Waals surface area contributed by atoms with Gasteiger partial charge in [-0.1, -0.05) is 11.6 Å². The van der Waals surface area contributed by atoms with E-state index in [0.717, 1.165) is 0 Å². The van der Waals surface area contributed by atoms with E-state index in [-0.39, 0.29) is 12.3 Å². The molecule has 0 radical (unpaired) electrons. The van der Waals surface area contributed by atoms with E-state index < -0.39 is 10.5 Å². The number of nitro groups is 1. The van der Waals surface area contributed by atoms with Crippen LogP contribution in [0.4, 0.5) is 5.69 Å². The van der Waals surface area contributed by atoms with Crippen LogP contribution in [0.25, 0.3) is 0 Å². The third-order valence-electron chi connectivity index (χ3n) is 2.40. The summed E-state index contributed by atoms with van der Waals surface area (Å²) in [6.07, 6.45) is 0. The number of aliphatic hydroxyl groups excluding tert-OH is 1. The van der Waals surface area contributed by atoms with E-state index in [1.807, 2.05) is 13.8 Å². The molecule has 94 valence electrons. The fourth-order valence-electron chi connectivity index (χ4n) is 1.25. The molecule has 0 heterocycles. The van der Waals surface area contributed by atoms with Gasteiger partial charge in [-0.05, 0) is 26.0 Å². The average molecular weight is 259 g/mol. The van der Waals surface area contributed by atoms with Gasteiger partial charge in [-0.15, -0.1) is 0 Å². The molecule has 0 amide bonds. The van der Waals surface area contributed by atoms with Gasteiger partial charge in [0.2, 0.25) is 0 Å². The first-order valence-corrected chi connectivity index (χ1v) is 5.52. The summed E-state index contributed by atoms with van der Waals surface area (Å²) in [5.41, 5.74) is 0.0488. The van der Waals surface area contributed by atoms with Crippen molar-refractivity contribution in [3.8, 4) is 0 Å². The van der Waals surface area contributed by atoms with Crippen molar-refractivity contribution in [3.05, 3.63) is 38.9 Å². The molecule has 1 aromatic rings. The molecule has 17 heavy (non-hydrogen) atoms. The molecule has 0 aliphatic heterocycles. The second kappa shape index (κ2) is 5.44. The van der Waals surface area contributed by atoms with Crippen molar-refractivity contribution in [2.24, 2.45) is 0 Å². The van der Waals surface area contributed by atoms with Gasteiger partial charge in [-0.25, -0.2) is 0 Å². The summed E-state index contributed by atoms with van der Waals surface area (Å²) in [7, 11) is 0. The topological polar surface area (TPSA) is 75.4 Å². The smallest absolute Gasteiger partial charge is 0.275 e. The van der Waals surface area contributed by atoms with Crippen molar-refractivity contribution < 1.29 is 10.0 Å². The highest BCUT2D eigenvalue weighted by atomic mass is 35.5. The zero-order chi connectivity index (χ0) is 13.1. The lowest BCUT2D eigenvalue weighted by atomic mass is 10.1. The van der Waals surface area contributed by atoms with Crippen molar-refractivity contribution in [1.29, 1.82) is 0 Å². The molecule has 0 saturated carbocycles. The Hall–Kier alpha value is -1.17. The molecule has 0 aliphatic rings. The molecule has 1 rings (SSSR count). The lowest BCUT2D eigenvalue weighted by Gasteiger charge is -2.23. The van der Waals surface area contributed by atoms with Crippen LogP contribution in [-0.2, 0) is 6.54 Å². The van der Waals surface area contributed by atoms with Gasteiger partial charge in [0.15, 0.2) is 0 Å². The number of nitrogens with one attached hydrogen (secondary N) is 1. The number of nitro benzene ring substituents is 1. The minimum absolute atomic E-state index is 0.0151. The minimum atomic E-state index is -0.479. The van der Waals surface area contributed by atoms with Gasteiger partial charge >= 0.3 is 0 Å². The number of halogens is 1. The van der Waals surface area contributed by atoms with Crippen molar-refractivity contribution in [2.45, 2.75) is 25.9 Å². The fraction of sp³-hybridized carbons (Fsp3) is 0.455. The molecule has 0 aliphatic carbocycles. The predicted molar refractivity (Wildman–Crippen MR) is 66.1 cm³/mol. The van der Waals surface area contributed by atoms with Crippen LogP contribution in [0, 0.1) is 10.1 Å². The Kier molecular flexibility index (Phi) is 4.45. The van der Waals surface area contributed by atoms with Crippen LogP contribution in [0.5, 0.6) is 0 Å². The summed E-state index contributed by atoms with van der Waals surface area (Å²) in [4.78, 5) is 10.4. The standard InChI is InChI=1S/C11H15ClN2O3/c1-11(2,7-15)13-6-8-3-4-9(12)5-10(8)14(16)17/h3-5,13,15H,6-7H2,1-2H3. The zero-order valence-electron chi connectivity index (χ0n) is 9.74. The normalized spacial score (nSPS) is 11.5. The van der Waals surface area contributed by atoms with Crippen molar-refractivity contribution >= 4 is 17.3 Å². The maximum Gasteiger partial charge on any atom is 0.275 e. The molecule has 0 atom stereocenters. The van der Waals surface area contributed by atoms with Crippen LogP contribution in [0.15, 0.2) is 18.2 Å². The van der Waals surface area contributed by atoms with Crippen molar-refractivity contribution in [3.63, 3.8) is 0 Å². The van der Waals surface area contributed by atoms with Gasteiger partial charge < -0.3 is 10.4 Å². The predicted octanol–water partition coefficient (Wildman–Crippen LogP) is 2.11. The Morgan fingerprint density at radius 3 is 2.71 bits per heavy atom. The van der Waals surface area contributed by atoms with E-state index in [1.54, 1.807) is 12.1 Å². The van der Waals surface area contributed by atoms with E-state index >= 15 is 0 Å². The number of nitrogens with zero attached hydrogens (tertiary/aromatic N) is 1. The molecule has 5 nitrogen and oxygen atoms in total. The summed E-state index contributed by atoms with van der Waals surface area (Å²) >= 11 is 5.71. The highest BCUT2D eigenvalue weighted by molar-refractivity contribution is 6.30. The molecule has 0 saturated heterocycles. The van der Waals surface area contributed by atoms with E-state index in [4.69, 9.17) is 16.7 Å². The largest absolute Gasteiger partial charge is 0.394 e. The Morgan fingerprint density at radius 2 is 2.18 bits per heavy atom. The monoisotopic (exact) mass is 258 g/mol. The van der Waals surface area contributed by atoms with Gasteiger partial charge in [-0.3, -0.25) is 10.1 Å². The van der Waals surface area contributed by atoms with Crippen molar-refractivity contribution in [1.82, 2.24) is 5.32 Å². The van der Waals surface area contributed by atoms with E-state index in [9.17, 15) is 10.1 Å². The third-order valence-corrected chi connectivity index (χ3v) is 2.63. The minimum Gasteiger partial charge on any atom is -0.394 e. The molecule has 0 unspecified atom stereocenters. The Balaban J connectivity index is 2.88. The van der Waals surface area contributed by atoms with Crippen LogP contribution in [0.1, 0.15) is 19.4 Å². The number of aliphatic hydroxyl groups is 1. The lowest BCUT2D eigenvalue weighted by Crippen LogP contribution is -2.42. The number of rotatable bonds is 5. The van der Waals surface area contributed by atoms with Crippen LogP contribution in [0.3, 0.4) is 0 Å². The molecule has 0 fully saturated rings. The first-order valence-electron chi connectivity index (χ1n) is 5.14. The Bertz CT molecular complexity index is 421. The second-order valence-electron chi connectivity index (χ2n) is 4.43. The Labute approximate surface area is 105 Å². The summed E-state index contributed by atoms with van der Waals surface area (Å²) < 4.78 is 0. The fourth-order valence-corrected chi connectivity index (χ4v) is 1.41. The van der Waals surface area contributed by atoms with Crippen molar-refractivity contribution in [2.75, 3.05) is 6.61 Å². The maximum absolute atomic E-state index is 10.8. The summed E-state index contributed by atoms with van der Waals surface area (Å²) in [5.74, 6) is 0. The van der Waals surface area contributed by atoms with Gasteiger partial charge in [0, 0.05) is 28.7 Å². The van der Waals surface area contributed by atoms with Gasteiger partial charge in [0.25, 0.3) is 5.69 Å². The first kappa shape index (κ1) is 13.9. The quantitative estimate of drug-likeness (QED) is 0.627. The summed E-state index contributed by atoms with van der Waals surface area (Å²) in [5, 5.41) is 23.3. The van der Waals surface area contributed by atoms with Gasteiger partial charge in [0.1, 0.15) is 0 Å². The number of hydrogen-bond donors (Lipinski definition) is 2. The van der Waals surface area contributed by atoms with E-state index in [1.165, 1.54) is 6.07 Å². The molecule has 2 N–H and O–H groups in total. The lowest BCUT2D eigenvalue weighted by molar-refractivity contribution is -0.385. The molecule has 6 heteroatoms. The maximum atomic E-state index is 10.8. The summed E-state index contributed by atoms with van der Waals surface area (Å²) in [6.45, 7) is 3.89. The van der Waals surface area contributed by atoms with Gasteiger partial charge in [0.05, 0.1) is 11.5 Å². The highest BCUT2D eigenvalue weighted by Gasteiger charge is 2.19. The molecular formula is C11H15ClN2O3. The van der Waals surface area contributed by atoms with Crippen LogP contribution in [-0.4, -0.2) is 22.2 Å². The van der Waals surface area contributed by atoms with Gasteiger partial charge in [-0.2, -0.15) is 0 Å². The molecule has 0 spiro atoms. The zero-order valence-corrected chi connectivity index (χ0v) is 10.5. The van der Waals surface area contributed by atoms with E-state index in [2.05, 4.69) is 5.32 Å².